The smallest absolute Gasteiger partial charge is 0.328 e. The zero-order valence-electron chi connectivity index (χ0n) is 15.6. The Labute approximate surface area is 145 Å². The number of carboxylic acid groups (broad SMARTS) is 2. The number of carbonyl (C=O) groups is 2. The number of allylic oxidation sites excluding steroid dienone is 3. The summed E-state index contributed by atoms with van der Waals surface area (Å²) in [7, 11) is 0. The summed E-state index contributed by atoms with van der Waals surface area (Å²) in [5.74, 6) is -0.403. The molecule has 1 aliphatic carbocycles. The van der Waals surface area contributed by atoms with Gasteiger partial charge >= 0.3 is 11.9 Å². The highest BCUT2D eigenvalue weighted by Gasteiger charge is 2.44. The van der Waals surface area contributed by atoms with Gasteiger partial charge in [0.15, 0.2) is 0 Å². The zero-order valence-corrected chi connectivity index (χ0v) is 15.6. The first-order valence-corrected chi connectivity index (χ1v) is 8.86. The minimum Gasteiger partial charge on any atom is -0.481 e. The van der Waals surface area contributed by atoms with E-state index in [9.17, 15) is 9.59 Å². The lowest BCUT2D eigenvalue weighted by Gasteiger charge is -2.49. The maximum absolute atomic E-state index is 11.1. The molecule has 4 nitrogen and oxygen atoms in total. The molecule has 0 radical (unpaired) electrons. The molecule has 0 aliphatic heterocycles. The third kappa shape index (κ3) is 5.22. The van der Waals surface area contributed by atoms with E-state index in [1.807, 2.05) is 6.92 Å². The molecule has 0 fully saturated rings. The molecule has 0 amide bonds. The van der Waals surface area contributed by atoms with Gasteiger partial charge in [0.25, 0.3) is 0 Å². The van der Waals surface area contributed by atoms with E-state index >= 15 is 0 Å². The SMILES string of the molecule is CC1=CC[C@H](C(C)C)[C@@](C)(CCC(=O)O)[C@@H]1CC/C(C)=C/C(=O)O. The van der Waals surface area contributed by atoms with Crippen LogP contribution in [-0.4, -0.2) is 22.2 Å². The first-order valence-electron chi connectivity index (χ1n) is 8.86. The molecule has 24 heavy (non-hydrogen) atoms. The number of rotatable bonds is 8. The largest absolute Gasteiger partial charge is 0.481 e. The maximum Gasteiger partial charge on any atom is 0.328 e. The van der Waals surface area contributed by atoms with Crippen LogP contribution in [0.3, 0.4) is 0 Å². The van der Waals surface area contributed by atoms with Gasteiger partial charge in [0.05, 0.1) is 0 Å². The van der Waals surface area contributed by atoms with Gasteiger partial charge in [-0.05, 0) is 62.7 Å². The van der Waals surface area contributed by atoms with Gasteiger partial charge in [-0.3, -0.25) is 4.79 Å². The Hall–Kier alpha value is -1.58. The van der Waals surface area contributed by atoms with Crippen molar-refractivity contribution < 1.29 is 19.8 Å². The second-order valence-electron chi connectivity index (χ2n) is 7.85. The lowest BCUT2D eigenvalue weighted by Crippen LogP contribution is -2.41. The molecule has 0 bridgehead atoms. The molecule has 0 heterocycles. The summed E-state index contributed by atoms with van der Waals surface area (Å²) in [5, 5.41) is 18.0. The van der Waals surface area contributed by atoms with Crippen molar-refractivity contribution in [3.8, 4) is 0 Å². The van der Waals surface area contributed by atoms with E-state index in [0.717, 1.165) is 24.8 Å². The fourth-order valence-electron chi connectivity index (χ4n) is 4.48. The first kappa shape index (κ1) is 20.5. The fraction of sp³-hybridized carbons (Fsp3) is 0.700. The highest BCUT2D eigenvalue weighted by Crippen LogP contribution is 2.53. The molecule has 1 aliphatic rings. The van der Waals surface area contributed by atoms with Gasteiger partial charge in [-0.15, -0.1) is 0 Å². The van der Waals surface area contributed by atoms with Crippen LogP contribution in [0.25, 0.3) is 0 Å². The summed E-state index contributed by atoms with van der Waals surface area (Å²) < 4.78 is 0. The van der Waals surface area contributed by atoms with Crippen LogP contribution in [0.4, 0.5) is 0 Å². The summed E-state index contributed by atoms with van der Waals surface area (Å²) in [6.45, 7) is 10.6. The van der Waals surface area contributed by atoms with E-state index in [4.69, 9.17) is 10.2 Å². The molecule has 0 spiro atoms. The van der Waals surface area contributed by atoms with Gasteiger partial charge < -0.3 is 10.2 Å². The van der Waals surface area contributed by atoms with Gasteiger partial charge in [-0.2, -0.15) is 0 Å². The molecule has 0 saturated carbocycles. The third-order valence-corrected chi connectivity index (χ3v) is 5.77. The standard InChI is InChI=1S/C20H32O4/c1-13(2)16-9-7-15(4)17(8-6-14(3)12-19(23)24)20(16,5)11-10-18(21)22/h7,12-13,16-17H,6,8-11H2,1-5H3,(H,21,22)(H,23,24)/b14-12+/t16-,17-,20-/m1/s1. The summed E-state index contributed by atoms with van der Waals surface area (Å²) in [6.07, 6.45) is 7.04. The molecular formula is C20H32O4. The third-order valence-electron chi connectivity index (χ3n) is 5.77. The van der Waals surface area contributed by atoms with Crippen molar-refractivity contribution in [2.24, 2.45) is 23.2 Å². The lowest BCUT2D eigenvalue weighted by molar-refractivity contribution is -0.138. The Morgan fingerprint density at radius 3 is 2.46 bits per heavy atom. The van der Waals surface area contributed by atoms with Gasteiger partial charge in [0.2, 0.25) is 0 Å². The van der Waals surface area contributed by atoms with Crippen LogP contribution in [-0.2, 0) is 9.59 Å². The molecule has 1 rings (SSSR count). The quantitative estimate of drug-likeness (QED) is 0.488. The minimum absolute atomic E-state index is 0.0606. The molecular weight excluding hydrogens is 304 g/mol. The molecule has 0 aromatic heterocycles. The Morgan fingerprint density at radius 2 is 1.96 bits per heavy atom. The van der Waals surface area contributed by atoms with E-state index in [1.54, 1.807) is 0 Å². The van der Waals surface area contributed by atoms with Gasteiger partial charge in [-0.25, -0.2) is 4.79 Å². The molecule has 0 saturated heterocycles. The van der Waals surface area contributed by atoms with Crippen LogP contribution in [0.5, 0.6) is 0 Å². The van der Waals surface area contributed by atoms with Crippen molar-refractivity contribution in [2.45, 2.75) is 66.7 Å². The van der Waals surface area contributed by atoms with Crippen molar-refractivity contribution in [2.75, 3.05) is 0 Å². The minimum atomic E-state index is -0.905. The van der Waals surface area contributed by atoms with Crippen molar-refractivity contribution >= 4 is 11.9 Å². The first-order chi connectivity index (χ1) is 11.1. The number of carboxylic acids is 2. The van der Waals surface area contributed by atoms with E-state index in [-0.39, 0.29) is 11.8 Å². The van der Waals surface area contributed by atoms with Crippen molar-refractivity contribution in [1.82, 2.24) is 0 Å². The van der Waals surface area contributed by atoms with E-state index in [0.29, 0.717) is 24.2 Å². The normalized spacial score (nSPS) is 27.9. The topological polar surface area (TPSA) is 74.6 Å². The number of hydrogen-bond acceptors (Lipinski definition) is 2. The summed E-state index contributed by atoms with van der Waals surface area (Å²) in [4.78, 5) is 22.0. The second kappa shape index (κ2) is 8.50. The molecule has 3 atom stereocenters. The molecule has 136 valence electrons. The number of hydrogen-bond donors (Lipinski definition) is 2. The van der Waals surface area contributed by atoms with Gasteiger partial charge in [0, 0.05) is 12.5 Å². The van der Waals surface area contributed by atoms with E-state index < -0.39 is 11.9 Å². The Bertz CT molecular complexity index is 530. The summed E-state index contributed by atoms with van der Waals surface area (Å²) in [5.41, 5.74) is 2.12. The Morgan fingerprint density at radius 1 is 1.33 bits per heavy atom. The average molecular weight is 336 g/mol. The average Bonchev–Trinajstić information content (AvgIpc) is 2.43. The predicted octanol–water partition coefficient (Wildman–Crippen LogP) is 4.91. The van der Waals surface area contributed by atoms with E-state index in [1.165, 1.54) is 11.6 Å². The van der Waals surface area contributed by atoms with Gasteiger partial charge in [-0.1, -0.05) is 38.0 Å². The molecule has 2 N–H and O–H groups in total. The van der Waals surface area contributed by atoms with Crippen LogP contribution in [0.1, 0.15) is 66.7 Å². The highest BCUT2D eigenvalue weighted by molar-refractivity contribution is 5.80. The predicted molar refractivity (Wildman–Crippen MR) is 95.8 cm³/mol. The zero-order chi connectivity index (χ0) is 18.5. The van der Waals surface area contributed by atoms with E-state index in [2.05, 4.69) is 33.8 Å². The molecule has 4 heteroatoms. The van der Waals surface area contributed by atoms with Crippen LogP contribution in [0.15, 0.2) is 23.3 Å². The Balaban J connectivity index is 3.04. The Kier molecular flexibility index (Phi) is 7.25. The number of aliphatic carboxylic acids is 2. The molecule has 0 unspecified atom stereocenters. The van der Waals surface area contributed by atoms with Gasteiger partial charge in [0.1, 0.15) is 0 Å². The van der Waals surface area contributed by atoms with Crippen molar-refractivity contribution in [3.05, 3.63) is 23.3 Å². The lowest BCUT2D eigenvalue weighted by atomic mass is 9.55. The molecule has 0 aromatic rings. The maximum atomic E-state index is 11.1. The summed E-state index contributed by atoms with van der Waals surface area (Å²) in [6, 6.07) is 0. The van der Waals surface area contributed by atoms with Crippen molar-refractivity contribution in [1.29, 1.82) is 0 Å². The molecule has 0 aromatic carbocycles. The fourth-order valence-corrected chi connectivity index (χ4v) is 4.48. The van der Waals surface area contributed by atoms with Crippen molar-refractivity contribution in [3.63, 3.8) is 0 Å². The van der Waals surface area contributed by atoms with Crippen LogP contribution >= 0.6 is 0 Å². The van der Waals surface area contributed by atoms with Crippen LogP contribution in [0, 0.1) is 23.2 Å². The summed E-state index contributed by atoms with van der Waals surface area (Å²) >= 11 is 0. The van der Waals surface area contributed by atoms with Crippen LogP contribution < -0.4 is 0 Å². The van der Waals surface area contributed by atoms with Crippen LogP contribution in [0.2, 0.25) is 0 Å². The highest BCUT2D eigenvalue weighted by atomic mass is 16.4. The second-order valence-corrected chi connectivity index (χ2v) is 7.85. The monoisotopic (exact) mass is 336 g/mol.